The molecule has 0 bridgehead atoms. The summed E-state index contributed by atoms with van der Waals surface area (Å²) < 4.78 is 16.3. The molecule has 0 spiro atoms. The molecular formula is C23H23NO5. The first-order valence-corrected chi connectivity index (χ1v) is 9.46. The van der Waals surface area contributed by atoms with Crippen LogP contribution in [0.1, 0.15) is 37.5 Å². The smallest absolute Gasteiger partial charge is 0.363 e. The number of benzene rings is 2. The van der Waals surface area contributed by atoms with Crippen LogP contribution < -0.4 is 9.47 Å². The maximum atomic E-state index is 12.3. The third-order valence-electron chi connectivity index (χ3n) is 4.25. The van der Waals surface area contributed by atoms with Crippen molar-refractivity contribution in [3.05, 3.63) is 64.9 Å². The summed E-state index contributed by atoms with van der Waals surface area (Å²) in [5.41, 5.74) is 2.61. The Kier molecular flexibility index (Phi) is 6.12. The number of carbonyl (C=O) groups is 2. The van der Waals surface area contributed by atoms with E-state index in [4.69, 9.17) is 14.2 Å². The summed E-state index contributed by atoms with van der Waals surface area (Å²) in [7, 11) is 0. The fourth-order valence-electron chi connectivity index (χ4n) is 2.69. The number of ether oxygens (including phenoxy) is 3. The lowest BCUT2D eigenvalue weighted by Crippen LogP contribution is -2.15. The molecule has 0 N–H and O–H groups in total. The van der Waals surface area contributed by atoms with Crippen LogP contribution in [0, 0.1) is 12.8 Å². The van der Waals surface area contributed by atoms with E-state index in [9.17, 15) is 9.59 Å². The molecule has 1 aliphatic rings. The molecule has 1 heterocycles. The molecule has 1 aliphatic heterocycles. The van der Waals surface area contributed by atoms with E-state index in [0.29, 0.717) is 23.7 Å². The van der Waals surface area contributed by atoms with Crippen molar-refractivity contribution >= 4 is 23.9 Å². The van der Waals surface area contributed by atoms with Crippen molar-refractivity contribution in [1.82, 2.24) is 0 Å². The molecule has 2 aromatic rings. The monoisotopic (exact) mass is 393 g/mol. The second-order valence-corrected chi connectivity index (χ2v) is 6.87. The lowest BCUT2D eigenvalue weighted by Gasteiger charge is -2.12. The van der Waals surface area contributed by atoms with Crippen LogP contribution in [-0.2, 0) is 14.3 Å². The van der Waals surface area contributed by atoms with Crippen LogP contribution in [-0.4, -0.2) is 24.4 Å². The molecule has 0 atom stereocenters. The standard InChI is InChI=1S/C23H23NO5/c1-5-27-20-13-16(10-11-19(20)28-22(25)14(2)3)12-18-23(26)29-21(24-18)17-9-7-6-8-15(17)4/h6-14H,5H2,1-4H3/b18-12-. The molecule has 2 aromatic carbocycles. The first kappa shape index (κ1) is 20.3. The van der Waals surface area contributed by atoms with Crippen molar-refractivity contribution in [2.45, 2.75) is 27.7 Å². The van der Waals surface area contributed by atoms with Crippen LogP contribution in [0.5, 0.6) is 11.5 Å². The molecule has 0 amide bonds. The van der Waals surface area contributed by atoms with Crippen LogP contribution in [0.4, 0.5) is 0 Å². The molecule has 150 valence electrons. The van der Waals surface area contributed by atoms with Gasteiger partial charge in [-0.25, -0.2) is 9.79 Å². The zero-order chi connectivity index (χ0) is 21.0. The second kappa shape index (κ2) is 8.73. The number of aryl methyl sites for hydroxylation is 1. The van der Waals surface area contributed by atoms with E-state index < -0.39 is 5.97 Å². The molecule has 0 radical (unpaired) electrons. The average Bonchev–Trinajstić information content (AvgIpc) is 3.04. The van der Waals surface area contributed by atoms with Gasteiger partial charge in [-0.15, -0.1) is 0 Å². The van der Waals surface area contributed by atoms with Gasteiger partial charge in [0.1, 0.15) is 0 Å². The highest BCUT2D eigenvalue weighted by Gasteiger charge is 2.25. The minimum absolute atomic E-state index is 0.192. The maximum Gasteiger partial charge on any atom is 0.363 e. The largest absolute Gasteiger partial charge is 0.490 e. The summed E-state index contributed by atoms with van der Waals surface area (Å²) in [6, 6.07) is 12.6. The van der Waals surface area contributed by atoms with Gasteiger partial charge in [-0.2, -0.15) is 0 Å². The SMILES string of the molecule is CCOc1cc(/C=C2\N=C(c3ccccc3C)OC2=O)ccc1OC(=O)C(C)C. The Hall–Kier alpha value is -3.41. The lowest BCUT2D eigenvalue weighted by atomic mass is 10.1. The van der Waals surface area contributed by atoms with E-state index in [1.807, 2.05) is 38.1 Å². The van der Waals surface area contributed by atoms with Crippen molar-refractivity contribution in [2.24, 2.45) is 10.9 Å². The zero-order valence-electron chi connectivity index (χ0n) is 16.9. The van der Waals surface area contributed by atoms with Crippen LogP contribution in [0.3, 0.4) is 0 Å². The Bertz CT molecular complexity index is 1000. The first-order chi connectivity index (χ1) is 13.9. The third kappa shape index (κ3) is 4.71. The Morgan fingerprint density at radius 1 is 1.17 bits per heavy atom. The van der Waals surface area contributed by atoms with E-state index in [1.165, 1.54) is 0 Å². The molecule has 29 heavy (non-hydrogen) atoms. The average molecular weight is 393 g/mol. The molecule has 0 unspecified atom stereocenters. The number of esters is 2. The fraction of sp³-hybridized carbons (Fsp3) is 0.261. The number of aliphatic imine (C=N–C) groups is 1. The van der Waals surface area contributed by atoms with Crippen LogP contribution in [0.25, 0.3) is 6.08 Å². The van der Waals surface area contributed by atoms with E-state index in [-0.39, 0.29) is 23.5 Å². The van der Waals surface area contributed by atoms with Gasteiger partial charge in [0.2, 0.25) is 5.90 Å². The third-order valence-corrected chi connectivity index (χ3v) is 4.25. The molecule has 0 saturated carbocycles. The normalized spacial score (nSPS) is 14.7. The molecular weight excluding hydrogens is 370 g/mol. The summed E-state index contributed by atoms with van der Waals surface area (Å²) in [6.07, 6.45) is 1.62. The molecule has 6 heteroatoms. The number of cyclic esters (lactones) is 1. The fourth-order valence-corrected chi connectivity index (χ4v) is 2.69. The van der Waals surface area contributed by atoms with Gasteiger partial charge < -0.3 is 14.2 Å². The van der Waals surface area contributed by atoms with Crippen molar-refractivity contribution in [1.29, 1.82) is 0 Å². The van der Waals surface area contributed by atoms with E-state index in [2.05, 4.69) is 4.99 Å². The summed E-state index contributed by atoms with van der Waals surface area (Å²) >= 11 is 0. The second-order valence-electron chi connectivity index (χ2n) is 6.87. The van der Waals surface area contributed by atoms with Gasteiger partial charge in [-0.1, -0.05) is 38.1 Å². The van der Waals surface area contributed by atoms with E-state index >= 15 is 0 Å². The molecule has 0 fully saturated rings. The number of hydrogen-bond donors (Lipinski definition) is 0. The topological polar surface area (TPSA) is 74.2 Å². The number of carbonyl (C=O) groups excluding carboxylic acids is 2. The molecule has 0 aliphatic carbocycles. The van der Waals surface area contributed by atoms with E-state index in [1.54, 1.807) is 38.1 Å². The summed E-state index contributed by atoms with van der Waals surface area (Å²) in [5.74, 6) is -0.0721. The van der Waals surface area contributed by atoms with Gasteiger partial charge in [0.05, 0.1) is 12.5 Å². The zero-order valence-corrected chi connectivity index (χ0v) is 16.9. The molecule has 0 aromatic heterocycles. The van der Waals surface area contributed by atoms with Gasteiger partial charge in [0.25, 0.3) is 0 Å². The molecule has 3 rings (SSSR count). The Morgan fingerprint density at radius 3 is 2.62 bits per heavy atom. The predicted octanol–water partition coefficient (Wildman–Crippen LogP) is 4.30. The minimum atomic E-state index is -0.517. The highest BCUT2D eigenvalue weighted by Crippen LogP contribution is 2.31. The van der Waals surface area contributed by atoms with Crippen LogP contribution >= 0.6 is 0 Å². The Morgan fingerprint density at radius 2 is 1.93 bits per heavy atom. The minimum Gasteiger partial charge on any atom is -0.490 e. The van der Waals surface area contributed by atoms with Gasteiger partial charge in [-0.3, -0.25) is 4.79 Å². The quantitative estimate of drug-likeness (QED) is 0.416. The van der Waals surface area contributed by atoms with Crippen molar-refractivity contribution in [3.63, 3.8) is 0 Å². The van der Waals surface area contributed by atoms with Gasteiger partial charge in [0.15, 0.2) is 17.2 Å². The van der Waals surface area contributed by atoms with E-state index in [0.717, 1.165) is 11.1 Å². The van der Waals surface area contributed by atoms with Gasteiger partial charge >= 0.3 is 11.9 Å². The number of hydrogen-bond acceptors (Lipinski definition) is 6. The van der Waals surface area contributed by atoms with Crippen molar-refractivity contribution in [2.75, 3.05) is 6.61 Å². The van der Waals surface area contributed by atoms with Crippen molar-refractivity contribution < 1.29 is 23.8 Å². The molecule has 0 saturated heterocycles. The van der Waals surface area contributed by atoms with Crippen LogP contribution in [0.2, 0.25) is 0 Å². The molecule has 6 nitrogen and oxygen atoms in total. The van der Waals surface area contributed by atoms with Crippen LogP contribution in [0.15, 0.2) is 53.2 Å². The lowest BCUT2D eigenvalue weighted by molar-refractivity contribution is -0.138. The maximum absolute atomic E-state index is 12.3. The number of nitrogens with zero attached hydrogens (tertiary/aromatic N) is 1. The predicted molar refractivity (Wildman–Crippen MR) is 110 cm³/mol. The van der Waals surface area contributed by atoms with Crippen molar-refractivity contribution in [3.8, 4) is 11.5 Å². The van der Waals surface area contributed by atoms with Gasteiger partial charge in [-0.05, 0) is 49.2 Å². The Labute approximate surface area is 169 Å². The number of rotatable bonds is 6. The summed E-state index contributed by atoms with van der Waals surface area (Å²) in [5, 5.41) is 0. The van der Waals surface area contributed by atoms with Gasteiger partial charge in [0, 0.05) is 5.56 Å². The summed E-state index contributed by atoms with van der Waals surface area (Å²) in [6.45, 7) is 7.70. The Balaban J connectivity index is 1.91. The first-order valence-electron chi connectivity index (χ1n) is 9.46. The summed E-state index contributed by atoms with van der Waals surface area (Å²) in [4.78, 5) is 28.5. The highest BCUT2D eigenvalue weighted by molar-refractivity contribution is 6.13. The highest BCUT2D eigenvalue weighted by atomic mass is 16.6.